The lowest BCUT2D eigenvalue weighted by molar-refractivity contribution is 0.366. The van der Waals surface area contributed by atoms with Crippen molar-refractivity contribution in [1.29, 1.82) is 0 Å². The summed E-state index contributed by atoms with van der Waals surface area (Å²) < 4.78 is 1.80. The van der Waals surface area contributed by atoms with E-state index < -0.39 is 0 Å². The molecule has 1 unspecified atom stereocenters. The van der Waals surface area contributed by atoms with E-state index in [2.05, 4.69) is 32.5 Å². The van der Waals surface area contributed by atoms with Gasteiger partial charge in [-0.05, 0) is 40.0 Å². The number of hydrogen-bond donors (Lipinski definition) is 2. The predicted molar refractivity (Wildman–Crippen MR) is 83.5 cm³/mol. The van der Waals surface area contributed by atoms with Crippen molar-refractivity contribution in [2.45, 2.75) is 51.6 Å². The summed E-state index contributed by atoms with van der Waals surface area (Å²) in [6.07, 6.45) is 9.00. The highest BCUT2D eigenvalue weighted by Gasteiger charge is 2.20. The average molecular weight is 287 g/mol. The molecule has 1 aliphatic carbocycles. The van der Waals surface area contributed by atoms with E-state index in [9.17, 15) is 4.79 Å². The van der Waals surface area contributed by atoms with Crippen molar-refractivity contribution in [3.05, 3.63) is 28.7 Å². The molecule has 0 amide bonds. The third-order valence-electron chi connectivity index (χ3n) is 3.68. The van der Waals surface area contributed by atoms with Gasteiger partial charge in [-0.3, -0.25) is 9.78 Å². The summed E-state index contributed by atoms with van der Waals surface area (Å²) in [5.74, 6) is 0.527. The normalized spacial score (nSPS) is 19.1. The van der Waals surface area contributed by atoms with E-state index in [1.807, 2.05) is 20.8 Å². The molecular weight excluding hydrogens is 266 g/mol. The zero-order valence-electron chi connectivity index (χ0n) is 12.7. The predicted octanol–water partition coefficient (Wildman–Crippen LogP) is 2.40. The zero-order valence-corrected chi connectivity index (χ0v) is 12.7. The van der Waals surface area contributed by atoms with Gasteiger partial charge in [-0.25, -0.2) is 4.68 Å². The lowest BCUT2D eigenvalue weighted by Gasteiger charge is -2.21. The summed E-state index contributed by atoms with van der Waals surface area (Å²) in [6, 6.07) is 0.321. The van der Waals surface area contributed by atoms with Crippen molar-refractivity contribution >= 4 is 17.0 Å². The molecule has 112 valence electrons. The summed E-state index contributed by atoms with van der Waals surface area (Å²) in [5.41, 5.74) is 0.261. The van der Waals surface area contributed by atoms with E-state index in [-0.39, 0.29) is 11.1 Å². The molecular formula is C15H21N5O. The van der Waals surface area contributed by atoms with Crippen LogP contribution < -0.4 is 10.9 Å². The standard InChI is InChI=1S/C15H21N5O/c1-15(2,3)20-12-11(9-16-20)13(21)19-14(18-12)17-10-7-5-4-6-8-10/h4-5,9-10H,6-8H2,1-3H3,(H2,17,18,19,21). The van der Waals surface area contributed by atoms with Crippen molar-refractivity contribution in [2.24, 2.45) is 0 Å². The Morgan fingerprint density at radius 1 is 1.38 bits per heavy atom. The van der Waals surface area contributed by atoms with E-state index in [4.69, 9.17) is 0 Å². The van der Waals surface area contributed by atoms with Crippen LogP contribution in [-0.4, -0.2) is 25.8 Å². The van der Waals surface area contributed by atoms with Crippen LogP contribution in [0.1, 0.15) is 40.0 Å². The van der Waals surface area contributed by atoms with Gasteiger partial charge in [-0.1, -0.05) is 12.2 Å². The summed E-state index contributed by atoms with van der Waals surface area (Å²) in [7, 11) is 0. The van der Waals surface area contributed by atoms with Gasteiger partial charge in [0.1, 0.15) is 5.39 Å². The number of rotatable bonds is 2. The molecule has 21 heavy (non-hydrogen) atoms. The van der Waals surface area contributed by atoms with Gasteiger partial charge < -0.3 is 5.32 Å². The second kappa shape index (κ2) is 5.02. The van der Waals surface area contributed by atoms with Crippen LogP contribution in [0.3, 0.4) is 0 Å². The van der Waals surface area contributed by atoms with Crippen LogP contribution in [0.15, 0.2) is 23.1 Å². The van der Waals surface area contributed by atoms with E-state index in [0.717, 1.165) is 19.3 Å². The van der Waals surface area contributed by atoms with Crippen LogP contribution in [0.25, 0.3) is 11.0 Å². The summed E-state index contributed by atoms with van der Waals surface area (Å²) in [4.78, 5) is 19.6. The number of aromatic amines is 1. The van der Waals surface area contributed by atoms with E-state index >= 15 is 0 Å². The lowest BCUT2D eigenvalue weighted by atomic mass is 10.0. The summed E-state index contributed by atoms with van der Waals surface area (Å²) in [6.45, 7) is 6.13. The smallest absolute Gasteiger partial charge is 0.263 e. The number of anilines is 1. The fourth-order valence-corrected chi connectivity index (χ4v) is 2.60. The van der Waals surface area contributed by atoms with Gasteiger partial charge in [0.2, 0.25) is 5.95 Å². The molecule has 2 aromatic rings. The minimum atomic E-state index is -0.215. The molecule has 2 heterocycles. The van der Waals surface area contributed by atoms with Crippen LogP contribution >= 0.6 is 0 Å². The Hall–Kier alpha value is -2.11. The number of fused-ring (bicyclic) bond motifs is 1. The Bertz CT molecular complexity index is 735. The number of allylic oxidation sites excluding steroid dienone is 1. The molecule has 3 rings (SSSR count). The van der Waals surface area contributed by atoms with Gasteiger partial charge >= 0.3 is 0 Å². The van der Waals surface area contributed by atoms with Crippen molar-refractivity contribution in [3.63, 3.8) is 0 Å². The zero-order chi connectivity index (χ0) is 15.0. The van der Waals surface area contributed by atoms with Crippen molar-refractivity contribution in [1.82, 2.24) is 19.7 Å². The highest BCUT2D eigenvalue weighted by atomic mass is 16.1. The maximum atomic E-state index is 12.2. The van der Waals surface area contributed by atoms with Gasteiger partial charge in [0.25, 0.3) is 5.56 Å². The lowest BCUT2D eigenvalue weighted by Crippen LogP contribution is -2.26. The molecule has 0 spiro atoms. The van der Waals surface area contributed by atoms with E-state index in [0.29, 0.717) is 23.0 Å². The molecule has 0 saturated heterocycles. The molecule has 0 fully saturated rings. The first-order valence-electron chi connectivity index (χ1n) is 7.35. The summed E-state index contributed by atoms with van der Waals surface area (Å²) >= 11 is 0. The number of hydrogen-bond acceptors (Lipinski definition) is 4. The molecule has 6 nitrogen and oxygen atoms in total. The molecule has 2 aromatic heterocycles. The van der Waals surface area contributed by atoms with Gasteiger partial charge in [-0.2, -0.15) is 10.1 Å². The largest absolute Gasteiger partial charge is 0.353 e. The molecule has 0 radical (unpaired) electrons. The van der Waals surface area contributed by atoms with Crippen LogP contribution in [0.5, 0.6) is 0 Å². The molecule has 0 saturated carbocycles. The third kappa shape index (κ3) is 2.70. The second-order valence-corrected chi connectivity index (χ2v) is 6.50. The summed E-state index contributed by atoms with van der Waals surface area (Å²) in [5, 5.41) is 8.16. The first-order valence-corrected chi connectivity index (χ1v) is 7.35. The molecule has 2 N–H and O–H groups in total. The molecule has 0 bridgehead atoms. The highest BCUT2D eigenvalue weighted by Crippen LogP contribution is 2.20. The van der Waals surface area contributed by atoms with Crippen LogP contribution in [0.2, 0.25) is 0 Å². The highest BCUT2D eigenvalue weighted by molar-refractivity contribution is 5.74. The Morgan fingerprint density at radius 2 is 2.19 bits per heavy atom. The Labute approximate surface area is 123 Å². The SMILES string of the molecule is CC(C)(C)n1ncc2c(=O)[nH]c(NC3CC=CCC3)nc21. The Kier molecular flexibility index (Phi) is 3.31. The van der Waals surface area contributed by atoms with E-state index in [1.165, 1.54) is 0 Å². The molecule has 1 atom stereocenters. The third-order valence-corrected chi connectivity index (χ3v) is 3.68. The average Bonchev–Trinajstić information content (AvgIpc) is 2.84. The molecule has 0 aliphatic heterocycles. The first-order chi connectivity index (χ1) is 9.95. The van der Waals surface area contributed by atoms with Crippen molar-refractivity contribution in [2.75, 3.05) is 5.32 Å². The molecule has 6 heteroatoms. The maximum Gasteiger partial charge on any atom is 0.263 e. The van der Waals surface area contributed by atoms with Gasteiger partial charge in [0.05, 0.1) is 11.7 Å². The topological polar surface area (TPSA) is 75.6 Å². The fraction of sp³-hybridized carbons (Fsp3) is 0.533. The fourth-order valence-electron chi connectivity index (χ4n) is 2.60. The quantitative estimate of drug-likeness (QED) is 0.832. The van der Waals surface area contributed by atoms with Gasteiger partial charge in [0.15, 0.2) is 5.65 Å². The number of nitrogens with zero attached hydrogens (tertiary/aromatic N) is 3. The number of nitrogens with one attached hydrogen (secondary N) is 2. The second-order valence-electron chi connectivity index (χ2n) is 6.50. The van der Waals surface area contributed by atoms with E-state index in [1.54, 1.807) is 10.9 Å². The van der Waals surface area contributed by atoms with Gasteiger partial charge in [-0.15, -0.1) is 0 Å². The van der Waals surface area contributed by atoms with Crippen molar-refractivity contribution in [3.8, 4) is 0 Å². The van der Waals surface area contributed by atoms with Crippen molar-refractivity contribution < 1.29 is 0 Å². The minimum absolute atomic E-state index is 0.149. The Balaban J connectivity index is 2.00. The minimum Gasteiger partial charge on any atom is -0.353 e. The van der Waals surface area contributed by atoms with Gasteiger partial charge in [0, 0.05) is 6.04 Å². The monoisotopic (exact) mass is 287 g/mol. The van der Waals surface area contributed by atoms with Crippen LogP contribution in [0, 0.1) is 0 Å². The Morgan fingerprint density at radius 3 is 2.86 bits per heavy atom. The molecule has 1 aliphatic rings. The van der Waals surface area contributed by atoms with Crippen LogP contribution in [-0.2, 0) is 5.54 Å². The number of aromatic nitrogens is 4. The van der Waals surface area contributed by atoms with Crippen LogP contribution in [0.4, 0.5) is 5.95 Å². The maximum absolute atomic E-state index is 12.2. The first kappa shape index (κ1) is 13.9. The molecule has 0 aromatic carbocycles. The number of H-pyrrole nitrogens is 1.